The summed E-state index contributed by atoms with van der Waals surface area (Å²) in [5.41, 5.74) is 6.34. The summed E-state index contributed by atoms with van der Waals surface area (Å²) in [6.07, 6.45) is 2.25. The molecule has 1 aromatic carbocycles. The van der Waals surface area contributed by atoms with E-state index in [4.69, 9.17) is 10.5 Å². The second-order valence-electron chi connectivity index (χ2n) is 2.77. The Labute approximate surface area is 85.5 Å². The molecule has 0 spiro atoms. The Morgan fingerprint density at radius 1 is 1.38 bits per heavy atom. The second-order valence-corrected chi connectivity index (χ2v) is 2.77. The first kappa shape index (κ1) is 12.1. The smallest absolute Gasteiger partial charge is 0.121 e. The van der Waals surface area contributed by atoms with E-state index in [1.807, 2.05) is 24.3 Å². The van der Waals surface area contributed by atoms with Crippen LogP contribution in [-0.2, 0) is 0 Å². The number of hydrogen-bond acceptors (Lipinski definition) is 2. The van der Waals surface area contributed by atoms with Crippen LogP contribution in [0.5, 0.6) is 5.75 Å². The van der Waals surface area contributed by atoms with Crippen molar-refractivity contribution in [1.82, 2.24) is 0 Å². The number of benzene rings is 1. The molecule has 0 saturated carbocycles. The van der Waals surface area contributed by atoms with Crippen molar-refractivity contribution < 1.29 is 17.1 Å². The van der Waals surface area contributed by atoms with E-state index in [2.05, 4.69) is 6.92 Å². The number of anilines is 1. The lowest BCUT2D eigenvalue weighted by Gasteiger charge is -2.04. The molecule has 74 valence electrons. The van der Waals surface area contributed by atoms with Gasteiger partial charge in [-0.25, -0.2) is 0 Å². The molecule has 1 aromatic rings. The Bertz CT molecular complexity index is 240. The summed E-state index contributed by atoms with van der Waals surface area (Å²) in [5, 5.41) is 0. The summed E-state index contributed by atoms with van der Waals surface area (Å²) < 4.78 is 5.45. The monoisotopic (exact) mass is 200 g/mol. The van der Waals surface area contributed by atoms with Crippen LogP contribution in [0, 0.1) is 0 Å². The van der Waals surface area contributed by atoms with E-state index in [0.717, 1.165) is 30.9 Å². The number of nitrogens with two attached hydrogens (primary N) is 1. The molecule has 1 rings (SSSR count). The SMILES string of the molecule is CCCCOc1cccc(N)c1.[Cl-]. The zero-order valence-electron chi connectivity index (χ0n) is 7.79. The van der Waals surface area contributed by atoms with Gasteiger partial charge in [0.15, 0.2) is 0 Å². The molecule has 13 heavy (non-hydrogen) atoms. The van der Waals surface area contributed by atoms with Gasteiger partial charge in [-0.3, -0.25) is 0 Å². The van der Waals surface area contributed by atoms with Gasteiger partial charge in [0, 0.05) is 11.8 Å². The van der Waals surface area contributed by atoms with Gasteiger partial charge < -0.3 is 22.9 Å². The molecule has 0 heterocycles. The van der Waals surface area contributed by atoms with Crippen molar-refractivity contribution in [2.24, 2.45) is 0 Å². The predicted octanol–water partition coefficient (Wildman–Crippen LogP) is -0.548. The first-order valence-electron chi connectivity index (χ1n) is 4.31. The summed E-state index contributed by atoms with van der Waals surface area (Å²) in [4.78, 5) is 0. The number of ether oxygens (including phenoxy) is 1. The van der Waals surface area contributed by atoms with Crippen LogP contribution in [-0.4, -0.2) is 6.61 Å². The highest BCUT2D eigenvalue weighted by Crippen LogP contribution is 2.14. The van der Waals surface area contributed by atoms with Crippen molar-refractivity contribution in [2.45, 2.75) is 19.8 Å². The summed E-state index contributed by atoms with van der Waals surface area (Å²) >= 11 is 0. The maximum Gasteiger partial charge on any atom is 0.121 e. The third-order valence-electron chi connectivity index (χ3n) is 1.62. The lowest BCUT2D eigenvalue weighted by molar-refractivity contribution is -0.00000312. The van der Waals surface area contributed by atoms with Crippen LogP contribution in [0.3, 0.4) is 0 Å². The van der Waals surface area contributed by atoms with E-state index < -0.39 is 0 Å². The van der Waals surface area contributed by atoms with E-state index in [1.54, 1.807) is 0 Å². The molecule has 0 amide bonds. The summed E-state index contributed by atoms with van der Waals surface area (Å²) in [7, 11) is 0. The van der Waals surface area contributed by atoms with Crippen LogP contribution >= 0.6 is 0 Å². The van der Waals surface area contributed by atoms with Crippen molar-refractivity contribution in [2.75, 3.05) is 12.3 Å². The quantitative estimate of drug-likeness (QED) is 0.523. The van der Waals surface area contributed by atoms with E-state index in [1.165, 1.54) is 0 Å². The van der Waals surface area contributed by atoms with Gasteiger partial charge in [-0.05, 0) is 18.6 Å². The minimum atomic E-state index is 0. The van der Waals surface area contributed by atoms with E-state index in [9.17, 15) is 0 Å². The van der Waals surface area contributed by atoms with Crippen LogP contribution in [0.25, 0.3) is 0 Å². The molecule has 0 aliphatic carbocycles. The summed E-state index contributed by atoms with van der Waals surface area (Å²) in [5.74, 6) is 0.864. The van der Waals surface area contributed by atoms with Crippen molar-refractivity contribution in [1.29, 1.82) is 0 Å². The topological polar surface area (TPSA) is 35.2 Å². The summed E-state index contributed by atoms with van der Waals surface area (Å²) in [6.45, 7) is 2.92. The number of unbranched alkanes of at least 4 members (excludes halogenated alkanes) is 1. The molecule has 0 aromatic heterocycles. The van der Waals surface area contributed by atoms with Gasteiger partial charge in [0.1, 0.15) is 5.75 Å². The Hall–Kier alpha value is -0.890. The van der Waals surface area contributed by atoms with Crippen LogP contribution in [0.4, 0.5) is 5.69 Å². The minimum Gasteiger partial charge on any atom is -1.00 e. The van der Waals surface area contributed by atoms with Gasteiger partial charge in [-0.2, -0.15) is 0 Å². The van der Waals surface area contributed by atoms with Gasteiger partial charge >= 0.3 is 0 Å². The molecule has 0 fully saturated rings. The zero-order chi connectivity index (χ0) is 8.81. The largest absolute Gasteiger partial charge is 1.00 e. The molecule has 0 atom stereocenters. The molecular weight excluding hydrogens is 186 g/mol. The fourth-order valence-corrected chi connectivity index (χ4v) is 0.939. The fraction of sp³-hybridized carbons (Fsp3) is 0.400. The lowest BCUT2D eigenvalue weighted by Crippen LogP contribution is -3.00. The predicted molar refractivity (Wildman–Crippen MR) is 51.3 cm³/mol. The average Bonchev–Trinajstić information content (AvgIpc) is 2.05. The number of rotatable bonds is 4. The van der Waals surface area contributed by atoms with Crippen LogP contribution in [0.1, 0.15) is 19.8 Å². The molecule has 0 aliphatic rings. The highest BCUT2D eigenvalue weighted by atomic mass is 35.5. The van der Waals surface area contributed by atoms with E-state index in [-0.39, 0.29) is 12.4 Å². The minimum absolute atomic E-state index is 0. The summed E-state index contributed by atoms with van der Waals surface area (Å²) in [6, 6.07) is 7.52. The van der Waals surface area contributed by atoms with Gasteiger partial charge in [0.25, 0.3) is 0 Å². The Kier molecular flexibility index (Phi) is 6.15. The molecule has 0 unspecified atom stereocenters. The molecule has 0 bridgehead atoms. The van der Waals surface area contributed by atoms with Crippen molar-refractivity contribution in [3.8, 4) is 5.75 Å². The van der Waals surface area contributed by atoms with Gasteiger partial charge in [-0.1, -0.05) is 19.4 Å². The first-order valence-corrected chi connectivity index (χ1v) is 4.31. The Morgan fingerprint density at radius 2 is 2.15 bits per heavy atom. The number of halogens is 1. The standard InChI is InChI=1S/C10H15NO.ClH/c1-2-3-7-12-10-6-4-5-9(11)8-10;/h4-6,8H,2-3,7,11H2,1H3;1H/p-1. The van der Waals surface area contributed by atoms with E-state index in [0.29, 0.717) is 0 Å². The number of hydrogen-bond donors (Lipinski definition) is 1. The zero-order valence-corrected chi connectivity index (χ0v) is 8.55. The van der Waals surface area contributed by atoms with Crippen LogP contribution < -0.4 is 22.9 Å². The second kappa shape index (κ2) is 6.61. The maximum absolute atomic E-state index is 5.58. The van der Waals surface area contributed by atoms with Gasteiger partial charge in [-0.15, -0.1) is 0 Å². The molecule has 0 saturated heterocycles. The highest BCUT2D eigenvalue weighted by Gasteiger charge is 1.92. The average molecular weight is 201 g/mol. The maximum atomic E-state index is 5.58. The Morgan fingerprint density at radius 3 is 2.77 bits per heavy atom. The highest BCUT2D eigenvalue weighted by molar-refractivity contribution is 5.43. The molecule has 3 heteroatoms. The van der Waals surface area contributed by atoms with Gasteiger partial charge in [0.05, 0.1) is 6.61 Å². The molecule has 2 nitrogen and oxygen atoms in total. The van der Waals surface area contributed by atoms with Crippen molar-refractivity contribution in [3.05, 3.63) is 24.3 Å². The van der Waals surface area contributed by atoms with E-state index >= 15 is 0 Å². The Balaban J connectivity index is 0.00000144. The van der Waals surface area contributed by atoms with Crippen LogP contribution in [0.15, 0.2) is 24.3 Å². The van der Waals surface area contributed by atoms with Crippen LogP contribution in [0.2, 0.25) is 0 Å². The third kappa shape index (κ3) is 4.63. The normalized spacial score (nSPS) is 9.00. The lowest BCUT2D eigenvalue weighted by atomic mass is 10.3. The molecule has 0 radical (unpaired) electrons. The first-order chi connectivity index (χ1) is 5.83. The van der Waals surface area contributed by atoms with Gasteiger partial charge in [0.2, 0.25) is 0 Å². The third-order valence-corrected chi connectivity index (χ3v) is 1.62. The van der Waals surface area contributed by atoms with Crippen molar-refractivity contribution in [3.63, 3.8) is 0 Å². The number of nitrogen functional groups attached to an aromatic ring is 1. The molecular formula is C10H15ClNO-. The molecule has 2 N–H and O–H groups in total. The fourth-order valence-electron chi connectivity index (χ4n) is 0.939. The molecule has 0 aliphatic heterocycles. The van der Waals surface area contributed by atoms with Crippen molar-refractivity contribution >= 4 is 5.69 Å².